The highest BCUT2D eigenvalue weighted by molar-refractivity contribution is 6.33. The van der Waals surface area contributed by atoms with E-state index in [4.69, 9.17) is 16.3 Å². The van der Waals surface area contributed by atoms with Crippen LogP contribution in [0.3, 0.4) is 0 Å². The number of nitrogens with zero attached hydrogens (tertiary/aromatic N) is 1. The molecule has 0 aliphatic rings. The van der Waals surface area contributed by atoms with Gasteiger partial charge in [-0.3, -0.25) is 4.79 Å². The minimum absolute atomic E-state index is 0.597. The summed E-state index contributed by atoms with van der Waals surface area (Å²) in [6.45, 7) is 7.08. The zero-order chi connectivity index (χ0) is 12.7. The Labute approximate surface area is 107 Å². The second-order valence-corrected chi connectivity index (χ2v) is 4.01. The number of carbonyl (C=O) groups is 1. The molecule has 0 N–H and O–H groups in total. The predicted molar refractivity (Wildman–Crippen MR) is 71.2 cm³/mol. The van der Waals surface area contributed by atoms with Gasteiger partial charge in [0, 0.05) is 25.3 Å². The third kappa shape index (κ3) is 4.02. The number of likely N-dealkylation sites (N-methyl/N-ethyl adjacent to an activating group) is 1. The van der Waals surface area contributed by atoms with E-state index in [0.717, 1.165) is 31.7 Å². The maximum Gasteiger partial charge on any atom is 0.150 e. The van der Waals surface area contributed by atoms with Crippen molar-refractivity contribution in [3.05, 3.63) is 28.8 Å². The smallest absolute Gasteiger partial charge is 0.150 e. The molecule has 1 aromatic rings. The van der Waals surface area contributed by atoms with Crippen LogP contribution in [0.1, 0.15) is 24.2 Å². The van der Waals surface area contributed by atoms with Gasteiger partial charge in [-0.1, -0.05) is 11.6 Å². The highest BCUT2D eigenvalue weighted by Gasteiger charge is 2.08. The van der Waals surface area contributed by atoms with E-state index in [2.05, 4.69) is 11.8 Å². The van der Waals surface area contributed by atoms with Crippen LogP contribution in [0.15, 0.2) is 18.2 Å². The van der Waals surface area contributed by atoms with Gasteiger partial charge in [-0.05, 0) is 32.0 Å². The fourth-order valence-electron chi connectivity index (χ4n) is 1.62. The van der Waals surface area contributed by atoms with Gasteiger partial charge in [0.2, 0.25) is 0 Å². The Bertz CT molecular complexity index is 368. The number of carbonyl (C=O) groups excluding carboxylic acids is 1. The van der Waals surface area contributed by atoms with E-state index in [1.165, 1.54) is 0 Å². The van der Waals surface area contributed by atoms with Crippen LogP contribution in [-0.2, 0) is 4.74 Å². The van der Waals surface area contributed by atoms with Crippen molar-refractivity contribution in [1.29, 1.82) is 0 Å². The molecule has 0 radical (unpaired) electrons. The Balaban J connectivity index is 2.77. The lowest BCUT2D eigenvalue weighted by Crippen LogP contribution is -2.27. The Morgan fingerprint density at radius 2 is 2.18 bits per heavy atom. The van der Waals surface area contributed by atoms with Crippen molar-refractivity contribution in [2.24, 2.45) is 0 Å². The summed E-state index contributed by atoms with van der Waals surface area (Å²) in [5.74, 6) is 0. The Morgan fingerprint density at radius 3 is 2.71 bits per heavy atom. The van der Waals surface area contributed by atoms with Gasteiger partial charge in [0.15, 0.2) is 0 Å². The fourth-order valence-corrected chi connectivity index (χ4v) is 1.93. The summed E-state index contributed by atoms with van der Waals surface area (Å²) < 4.78 is 5.33. The average Bonchev–Trinajstić information content (AvgIpc) is 2.35. The first-order valence-corrected chi connectivity index (χ1v) is 6.18. The molecule has 0 saturated heterocycles. The largest absolute Gasteiger partial charge is 0.380 e. The standard InChI is InChI=1S/C13H18ClNO2/c1-3-15(7-8-17-4-2)13-6-5-11(10-16)9-12(13)14/h5-6,9-10H,3-4,7-8H2,1-2H3. The van der Waals surface area contributed by atoms with Gasteiger partial charge in [-0.15, -0.1) is 0 Å². The number of anilines is 1. The third-order valence-corrected chi connectivity index (χ3v) is 2.84. The molecule has 0 atom stereocenters. The predicted octanol–water partition coefficient (Wildman–Crippen LogP) is 3.02. The summed E-state index contributed by atoms with van der Waals surface area (Å²) in [7, 11) is 0. The van der Waals surface area contributed by atoms with Crippen molar-refractivity contribution in [3.63, 3.8) is 0 Å². The summed E-state index contributed by atoms with van der Waals surface area (Å²) in [6, 6.07) is 5.34. The van der Waals surface area contributed by atoms with E-state index < -0.39 is 0 Å². The van der Waals surface area contributed by atoms with Gasteiger partial charge >= 0.3 is 0 Å². The first kappa shape index (κ1) is 14.0. The first-order chi connectivity index (χ1) is 8.22. The molecule has 0 heterocycles. The van der Waals surface area contributed by atoms with Crippen molar-refractivity contribution < 1.29 is 9.53 Å². The number of aldehydes is 1. The summed E-state index contributed by atoms with van der Waals surface area (Å²) in [6.07, 6.45) is 0.798. The zero-order valence-electron chi connectivity index (χ0n) is 10.3. The molecule has 0 aromatic heterocycles. The van der Waals surface area contributed by atoms with Crippen LogP contribution in [0, 0.1) is 0 Å². The quantitative estimate of drug-likeness (QED) is 0.554. The number of hydrogen-bond acceptors (Lipinski definition) is 3. The van der Waals surface area contributed by atoms with Crippen molar-refractivity contribution in [2.75, 3.05) is 31.2 Å². The van der Waals surface area contributed by atoms with Gasteiger partial charge in [0.05, 0.1) is 17.3 Å². The molecule has 0 bridgehead atoms. The fraction of sp³-hybridized carbons (Fsp3) is 0.462. The Kier molecular flexibility index (Phi) is 6.01. The average molecular weight is 256 g/mol. The second-order valence-electron chi connectivity index (χ2n) is 3.61. The van der Waals surface area contributed by atoms with Crippen molar-refractivity contribution >= 4 is 23.6 Å². The minimum Gasteiger partial charge on any atom is -0.380 e. The normalized spacial score (nSPS) is 10.3. The zero-order valence-corrected chi connectivity index (χ0v) is 11.0. The lowest BCUT2D eigenvalue weighted by molar-refractivity contribution is 0.112. The number of hydrogen-bond donors (Lipinski definition) is 0. The SMILES string of the molecule is CCOCCN(CC)c1ccc(C=O)cc1Cl. The van der Waals surface area contributed by atoms with Crippen LogP contribution >= 0.6 is 11.6 Å². The van der Waals surface area contributed by atoms with Gasteiger partial charge in [0.25, 0.3) is 0 Å². The summed E-state index contributed by atoms with van der Waals surface area (Å²) >= 11 is 6.15. The summed E-state index contributed by atoms with van der Waals surface area (Å²) in [5, 5.41) is 0.605. The molecule has 0 aliphatic carbocycles. The van der Waals surface area contributed by atoms with Gasteiger partial charge < -0.3 is 9.64 Å². The molecule has 94 valence electrons. The van der Waals surface area contributed by atoms with Crippen LogP contribution in [-0.4, -0.2) is 32.6 Å². The van der Waals surface area contributed by atoms with Gasteiger partial charge in [0.1, 0.15) is 6.29 Å². The topological polar surface area (TPSA) is 29.5 Å². The van der Waals surface area contributed by atoms with Crippen LogP contribution in [0.25, 0.3) is 0 Å². The van der Waals surface area contributed by atoms with E-state index >= 15 is 0 Å². The molecule has 1 aromatic carbocycles. The van der Waals surface area contributed by atoms with Gasteiger partial charge in [-0.2, -0.15) is 0 Å². The van der Waals surface area contributed by atoms with Crippen molar-refractivity contribution in [3.8, 4) is 0 Å². The van der Waals surface area contributed by atoms with Gasteiger partial charge in [-0.25, -0.2) is 0 Å². The van der Waals surface area contributed by atoms with E-state index in [1.54, 1.807) is 12.1 Å². The summed E-state index contributed by atoms with van der Waals surface area (Å²) in [4.78, 5) is 12.8. The molecular weight excluding hydrogens is 238 g/mol. The molecule has 0 amide bonds. The summed E-state index contributed by atoms with van der Waals surface area (Å²) in [5.41, 5.74) is 1.54. The Hall–Kier alpha value is -1.06. The molecule has 3 nitrogen and oxygen atoms in total. The van der Waals surface area contributed by atoms with Crippen molar-refractivity contribution in [2.45, 2.75) is 13.8 Å². The molecule has 0 aliphatic heterocycles. The monoisotopic (exact) mass is 255 g/mol. The maximum atomic E-state index is 10.6. The van der Waals surface area contributed by atoms with E-state index in [1.807, 2.05) is 13.0 Å². The molecule has 0 saturated carbocycles. The molecule has 1 rings (SSSR count). The van der Waals surface area contributed by atoms with Crippen LogP contribution in [0.5, 0.6) is 0 Å². The van der Waals surface area contributed by atoms with E-state index in [-0.39, 0.29) is 0 Å². The second kappa shape index (κ2) is 7.30. The minimum atomic E-state index is 0.597. The number of rotatable bonds is 7. The molecule has 0 fully saturated rings. The molecule has 17 heavy (non-hydrogen) atoms. The number of halogens is 1. The number of ether oxygens (including phenoxy) is 1. The molecular formula is C13H18ClNO2. The van der Waals surface area contributed by atoms with E-state index in [9.17, 15) is 4.79 Å². The molecule has 0 spiro atoms. The first-order valence-electron chi connectivity index (χ1n) is 5.80. The third-order valence-electron chi connectivity index (χ3n) is 2.54. The van der Waals surface area contributed by atoms with Crippen LogP contribution < -0.4 is 4.90 Å². The van der Waals surface area contributed by atoms with Crippen LogP contribution in [0.4, 0.5) is 5.69 Å². The maximum absolute atomic E-state index is 10.6. The van der Waals surface area contributed by atoms with Crippen molar-refractivity contribution in [1.82, 2.24) is 0 Å². The lowest BCUT2D eigenvalue weighted by Gasteiger charge is -2.24. The number of benzene rings is 1. The lowest BCUT2D eigenvalue weighted by atomic mass is 10.2. The highest BCUT2D eigenvalue weighted by Crippen LogP contribution is 2.26. The van der Waals surface area contributed by atoms with E-state index in [0.29, 0.717) is 17.2 Å². The highest BCUT2D eigenvalue weighted by atomic mass is 35.5. The van der Waals surface area contributed by atoms with Crippen LogP contribution in [0.2, 0.25) is 5.02 Å². The molecule has 4 heteroatoms. The Morgan fingerprint density at radius 1 is 1.41 bits per heavy atom. The molecule has 0 unspecified atom stereocenters.